The van der Waals surface area contributed by atoms with Gasteiger partial charge < -0.3 is 14.9 Å². The SMILES string of the molecule is Cc1cccc(C(NC(=O)C(C)c2c(C)noc2C)C(=O)O)c1C. The molecule has 0 spiro atoms. The molecule has 24 heavy (non-hydrogen) atoms. The number of nitrogens with one attached hydrogen (secondary N) is 1. The van der Waals surface area contributed by atoms with E-state index in [1.165, 1.54) is 0 Å². The minimum atomic E-state index is -1.10. The summed E-state index contributed by atoms with van der Waals surface area (Å²) in [6, 6.07) is 4.33. The first-order valence-electron chi connectivity index (χ1n) is 7.76. The summed E-state index contributed by atoms with van der Waals surface area (Å²) in [5.41, 5.74) is 3.75. The Hall–Kier alpha value is -2.63. The number of hydrogen-bond donors (Lipinski definition) is 2. The number of carboxylic acids is 1. The predicted molar refractivity (Wildman–Crippen MR) is 88.8 cm³/mol. The first kappa shape index (κ1) is 17.7. The summed E-state index contributed by atoms with van der Waals surface area (Å²) in [6.45, 7) is 8.97. The zero-order valence-electron chi connectivity index (χ0n) is 14.5. The van der Waals surface area contributed by atoms with Crippen molar-refractivity contribution in [3.63, 3.8) is 0 Å². The van der Waals surface area contributed by atoms with Gasteiger partial charge in [-0.3, -0.25) is 4.79 Å². The average Bonchev–Trinajstić information content (AvgIpc) is 2.85. The van der Waals surface area contributed by atoms with Crippen LogP contribution in [0, 0.1) is 27.7 Å². The summed E-state index contributed by atoms with van der Waals surface area (Å²) >= 11 is 0. The monoisotopic (exact) mass is 330 g/mol. The summed E-state index contributed by atoms with van der Waals surface area (Å²) < 4.78 is 5.09. The maximum atomic E-state index is 12.6. The van der Waals surface area contributed by atoms with E-state index < -0.39 is 17.9 Å². The Kier molecular flexibility index (Phi) is 5.07. The molecule has 2 aromatic rings. The van der Waals surface area contributed by atoms with E-state index in [4.69, 9.17) is 4.52 Å². The fraction of sp³-hybridized carbons (Fsp3) is 0.389. The molecule has 1 aromatic carbocycles. The first-order valence-corrected chi connectivity index (χ1v) is 7.76. The van der Waals surface area contributed by atoms with Crippen LogP contribution in [0.3, 0.4) is 0 Å². The van der Waals surface area contributed by atoms with Gasteiger partial charge in [0.25, 0.3) is 0 Å². The first-order chi connectivity index (χ1) is 11.2. The molecule has 1 amide bonds. The standard InChI is InChI=1S/C18H22N2O4/c1-9-7-6-8-14(10(9)2)16(18(22)23)19-17(21)11(3)15-12(4)20-24-13(15)5/h6-8,11,16H,1-5H3,(H,19,21)(H,22,23). The van der Waals surface area contributed by atoms with Crippen molar-refractivity contribution >= 4 is 11.9 Å². The molecule has 6 heteroatoms. The number of aliphatic carboxylic acids is 1. The molecule has 0 aliphatic rings. The van der Waals surface area contributed by atoms with Gasteiger partial charge in [-0.25, -0.2) is 4.79 Å². The van der Waals surface area contributed by atoms with Gasteiger partial charge in [0.15, 0.2) is 6.04 Å². The quantitative estimate of drug-likeness (QED) is 0.879. The molecule has 128 valence electrons. The van der Waals surface area contributed by atoms with Gasteiger partial charge in [0.05, 0.1) is 11.6 Å². The molecule has 0 fully saturated rings. The van der Waals surface area contributed by atoms with Gasteiger partial charge in [0.1, 0.15) is 5.76 Å². The van der Waals surface area contributed by atoms with Crippen molar-refractivity contribution in [2.24, 2.45) is 0 Å². The summed E-state index contributed by atoms with van der Waals surface area (Å²) in [6.07, 6.45) is 0. The van der Waals surface area contributed by atoms with Crippen molar-refractivity contribution in [3.05, 3.63) is 51.9 Å². The Morgan fingerprint density at radius 3 is 2.42 bits per heavy atom. The van der Waals surface area contributed by atoms with E-state index in [1.54, 1.807) is 32.9 Å². The highest BCUT2D eigenvalue weighted by atomic mass is 16.5. The number of carboxylic acid groups (broad SMARTS) is 1. The van der Waals surface area contributed by atoms with Gasteiger partial charge in [0, 0.05) is 5.56 Å². The van der Waals surface area contributed by atoms with Crippen LogP contribution in [0.25, 0.3) is 0 Å². The van der Waals surface area contributed by atoms with Crippen LogP contribution >= 0.6 is 0 Å². The van der Waals surface area contributed by atoms with Crippen molar-refractivity contribution < 1.29 is 19.2 Å². The summed E-state index contributed by atoms with van der Waals surface area (Å²) in [5, 5.41) is 16.0. The fourth-order valence-corrected chi connectivity index (χ4v) is 2.87. The lowest BCUT2D eigenvalue weighted by Crippen LogP contribution is -2.37. The number of hydrogen-bond acceptors (Lipinski definition) is 4. The molecule has 2 atom stereocenters. The third kappa shape index (κ3) is 3.32. The lowest BCUT2D eigenvalue weighted by atomic mass is 9.95. The van der Waals surface area contributed by atoms with Crippen molar-refractivity contribution in [3.8, 4) is 0 Å². The topological polar surface area (TPSA) is 92.4 Å². The maximum Gasteiger partial charge on any atom is 0.330 e. The molecule has 0 aliphatic carbocycles. The van der Waals surface area contributed by atoms with Gasteiger partial charge >= 0.3 is 5.97 Å². The minimum absolute atomic E-state index is 0.377. The third-order valence-corrected chi connectivity index (χ3v) is 4.41. The third-order valence-electron chi connectivity index (χ3n) is 4.41. The zero-order chi connectivity index (χ0) is 18.0. The lowest BCUT2D eigenvalue weighted by molar-refractivity contribution is -0.142. The molecule has 0 radical (unpaired) electrons. The van der Waals surface area contributed by atoms with E-state index in [-0.39, 0.29) is 5.91 Å². The number of aromatic nitrogens is 1. The molecular weight excluding hydrogens is 308 g/mol. The van der Waals surface area contributed by atoms with Gasteiger partial charge in [-0.05, 0) is 51.3 Å². The number of carbonyl (C=O) groups excluding carboxylic acids is 1. The summed E-state index contributed by atoms with van der Waals surface area (Å²) in [5.74, 6) is -1.46. The van der Waals surface area contributed by atoms with E-state index in [1.807, 2.05) is 19.9 Å². The second-order valence-corrected chi connectivity index (χ2v) is 6.03. The van der Waals surface area contributed by atoms with Crippen molar-refractivity contribution in [1.29, 1.82) is 0 Å². The Balaban J connectivity index is 2.30. The highest BCUT2D eigenvalue weighted by Crippen LogP contribution is 2.26. The van der Waals surface area contributed by atoms with Gasteiger partial charge in [-0.2, -0.15) is 0 Å². The molecule has 2 unspecified atom stereocenters. The van der Waals surface area contributed by atoms with Crippen LogP contribution in [-0.4, -0.2) is 22.1 Å². The molecule has 2 rings (SSSR count). The number of aryl methyl sites for hydroxylation is 3. The van der Waals surface area contributed by atoms with Gasteiger partial charge in [0.2, 0.25) is 5.91 Å². The maximum absolute atomic E-state index is 12.6. The normalized spacial score (nSPS) is 13.4. The van der Waals surface area contributed by atoms with E-state index in [2.05, 4.69) is 10.5 Å². The van der Waals surface area contributed by atoms with E-state index in [9.17, 15) is 14.7 Å². The van der Waals surface area contributed by atoms with Crippen LogP contribution in [0.15, 0.2) is 22.7 Å². The highest BCUT2D eigenvalue weighted by Gasteiger charge is 2.29. The molecule has 2 N–H and O–H groups in total. The largest absolute Gasteiger partial charge is 0.479 e. The fourth-order valence-electron chi connectivity index (χ4n) is 2.87. The zero-order valence-corrected chi connectivity index (χ0v) is 14.5. The van der Waals surface area contributed by atoms with Crippen LogP contribution in [-0.2, 0) is 9.59 Å². The van der Waals surface area contributed by atoms with Crippen molar-refractivity contribution in [2.45, 2.75) is 46.6 Å². The molecule has 0 saturated carbocycles. The van der Waals surface area contributed by atoms with Crippen molar-refractivity contribution in [1.82, 2.24) is 10.5 Å². The Labute approximate surface area is 140 Å². The molecule has 0 aliphatic heterocycles. The molecule has 1 aromatic heterocycles. The predicted octanol–water partition coefficient (Wildman–Crippen LogP) is 2.95. The second-order valence-electron chi connectivity index (χ2n) is 6.03. The van der Waals surface area contributed by atoms with Crippen molar-refractivity contribution in [2.75, 3.05) is 0 Å². The van der Waals surface area contributed by atoms with E-state index >= 15 is 0 Å². The van der Waals surface area contributed by atoms with Crippen LogP contribution < -0.4 is 5.32 Å². The minimum Gasteiger partial charge on any atom is -0.479 e. The van der Waals surface area contributed by atoms with Crippen LogP contribution in [0.2, 0.25) is 0 Å². The van der Waals surface area contributed by atoms with Crippen LogP contribution in [0.1, 0.15) is 52.6 Å². The number of rotatable bonds is 5. The Bertz CT molecular complexity index is 760. The molecule has 6 nitrogen and oxygen atoms in total. The Morgan fingerprint density at radius 2 is 1.88 bits per heavy atom. The smallest absolute Gasteiger partial charge is 0.330 e. The lowest BCUT2D eigenvalue weighted by Gasteiger charge is -2.20. The summed E-state index contributed by atoms with van der Waals surface area (Å²) in [4.78, 5) is 24.3. The van der Waals surface area contributed by atoms with Crippen LogP contribution in [0.4, 0.5) is 0 Å². The number of amides is 1. The van der Waals surface area contributed by atoms with E-state index in [0.717, 1.165) is 11.1 Å². The number of carbonyl (C=O) groups is 2. The van der Waals surface area contributed by atoms with Crippen LogP contribution in [0.5, 0.6) is 0 Å². The number of nitrogens with zero attached hydrogens (tertiary/aromatic N) is 1. The summed E-state index contributed by atoms with van der Waals surface area (Å²) in [7, 11) is 0. The highest BCUT2D eigenvalue weighted by molar-refractivity contribution is 5.89. The molecular formula is C18H22N2O4. The Morgan fingerprint density at radius 1 is 1.21 bits per heavy atom. The van der Waals surface area contributed by atoms with E-state index in [0.29, 0.717) is 22.6 Å². The molecule has 0 saturated heterocycles. The number of benzene rings is 1. The molecule has 1 heterocycles. The molecule has 0 bridgehead atoms. The van der Waals surface area contributed by atoms with Gasteiger partial charge in [-0.1, -0.05) is 23.4 Å². The second kappa shape index (κ2) is 6.86. The van der Waals surface area contributed by atoms with Gasteiger partial charge in [-0.15, -0.1) is 0 Å². The average molecular weight is 330 g/mol.